The minimum absolute atomic E-state index is 0.0966. The van der Waals surface area contributed by atoms with Crippen molar-refractivity contribution in [1.82, 2.24) is 9.78 Å². The third-order valence-electron chi connectivity index (χ3n) is 4.61. The van der Waals surface area contributed by atoms with Crippen LogP contribution in [0.2, 0.25) is 0 Å². The zero-order valence-corrected chi connectivity index (χ0v) is 12.8. The average Bonchev–Trinajstić information content (AvgIpc) is 2.83. The highest BCUT2D eigenvalue weighted by Crippen LogP contribution is 2.49. The van der Waals surface area contributed by atoms with Gasteiger partial charge in [0.2, 0.25) is 0 Å². The van der Waals surface area contributed by atoms with Crippen LogP contribution in [0.3, 0.4) is 0 Å². The summed E-state index contributed by atoms with van der Waals surface area (Å²) < 4.78 is 1.86. The van der Waals surface area contributed by atoms with Gasteiger partial charge in [-0.2, -0.15) is 5.10 Å². The summed E-state index contributed by atoms with van der Waals surface area (Å²) in [5, 5.41) is 13.8. The first-order chi connectivity index (χ1) is 9.54. The van der Waals surface area contributed by atoms with Crippen LogP contribution in [0.25, 0.3) is 0 Å². The largest absolute Gasteiger partial charge is 0.515 e. The van der Waals surface area contributed by atoms with Gasteiger partial charge in [0.1, 0.15) is 0 Å². The van der Waals surface area contributed by atoms with Crippen LogP contribution in [-0.2, 0) is 23.7 Å². The fraction of sp³-hybridized carbons (Fsp3) is 0.625. The number of ketones is 1. The molecule has 3 rings (SSSR count). The Labute approximate surface area is 120 Å². The van der Waals surface area contributed by atoms with Crippen LogP contribution in [-0.4, -0.2) is 20.7 Å². The molecule has 0 radical (unpaired) electrons. The lowest BCUT2D eigenvalue weighted by molar-refractivity contribution is -0.119. The Balaban J connectivity index is 0.000000704. The van der Waals surface area contributed by atoms with E-state index in [1.807, 2.05) is 25.6 Å². The normalized spacial score (nSPS) is 30.3. The molecule has 4 heteroatoms. The quantitative estimate of drug-likeness (QED) is 0.585. The molecule has 0 aromatic carbocycles. The average molecular weight is 276 g/mol. The van der Waals surface area contributed by atoms with E-state index in [1.54, 1.807) is 0 Å². The molecule has 0 bridgehead atoms. The van der Waals surface area contributed by atoms with Crippen LogP contribution in [0.4, 0.5) is 0 Å². The van der Waals surface area contributed by atoms with E-state index in [0.717, 1.165) is 24.8 Å². The third kappa shape index (κ3) is 2.17. The van der Waals surface area contributed by atoms with E-state index in [2.05, 4.69) is 18.2 Å². The number of allylic oxidation sites excluding steroid dienone is 1. The molecule has 1 heterocycles. The van der Waals surface area contributed by atoms with Gasteiger partial charge in [-0.3, -0.25) is 9.48 Å². The number of Topliss-reactive ketones (excluding diaryl/α,β-unsaturated/α-hetero) is 1. The Bertz CT molecular complexity index is 545. The molecule has 0 aliphatic heterocycles. The van der Waals surface area contributed by atoms with Gasteiger partial charge in [-0.15, -0.1) is 0 Å². The van der Waals surface area contributed by atoms with Gasteiger partial charge < -0.3 is 5.11 Å². The number of aryl methyl sites for hydroxylation is 2. The smallest absolute Gasteiger partial charge is 0.162 e. The van der Waals surface area contributed by atoms with Crippen molar-refractivity contribution in [2.24, 2.45) is 13.0 Å². The second kappa shape index (κ2) is 5.43. The second-order valence-corrected chi connectivity index (χ2v) is 5.79. The summed E-state index contributed by atoms with van der Waals surface area (Å²) in [7, 11) is 1.94. The lowest BCUT2D eigenvalue weighted by atomic mass is 9.59. The maximum absolute atomic E-state index is 11.9. The van der Waals surface area contributed by atoms with Crippen molar-refractivity contribution in [3.05, 3.63) is 29.3 Å². The lowest BCUT2D eigenvalue weighted by Gasteiger charge is -2.43. The number of fused-ring (bicyclic) bond motifs is 3. The first-order valence-corrected chi connectivity index (χ1v) is 7.44. The standard InChI is InChI=1S/C14H18N2O2.C2H6/c1-14-6-10(8-17)12(18)5-11(14)4-3-9-7-16(2)15-13(9)14;1-2/h7-8,11,17H,3-6H2,1-2H3;1-2H3/b10-8-;. The first-order valence-electron chi connectivity index (χ1n) is 7.44. The van der Waals surface area contributed by atoms with Gasteiger partial charge in [0.15, 0.2) is 5.78 Å². The molecule has 1 fully saturated rings. The molecule has 4 nitrogen and oxygen atoms in total. The van der Waals surface area contributed by atoms with E-state index in [-0.39, 0.29) is 11.2 Å². The fourth-order valence-electron chi connectivity index (χ4n) is 3.57. The number of aliphatic hydroxyl groups is 1. The number of aliphatic hydroxyl groups excluding tert-OH is 1. The third-order valence-corrected chi connectivity index (χ3v) is 4.61. The second-order valence-electron chi connectivity index (χ2n) is 5.79. The molecule has 110 valence electrons. The number of hydrogen-bond acceptors (Lipinski definition) is 3. The summed E-state index contributed by atoms with van der Waals surface area (Å²) in [6, 6.07) is 0. The molecule has 0 saturated heterocycles. The zero-order chi connectivity index (χ0) is 14.9. The van der Waals surface area contributed by atoms with Gasteiger partial charge in [-0.25, -0.2) is 0 Å². The summed E-state index contributed by atoms with van der Waals surface area (Å²) in [4.78, 5) is 11.9. The number of aromatic nitrogens is 2. The number of carbonyl (C=O) groups excluding carboxylic acids is 1. The van der Waals surface area contributed by atoms with E-state index in [9.17, 15) is 9.90 Å². The molecule has 0 amide bonds. The molecule has 20 heavy (non-hydrogen) atoms. The Kier molecular flexibility index (Phi) is 4.02. The molecule has 0 spiro atoms. The highest BCUT2D eigenvalue weighted by molar-refractivity contribution is 5.96. The lowest BCUT2D eigenvalue weighted by Crippen LogP contribution is -2.43. The molecular formula is C16H24N2O2. The predicted octanol–water partition coefficient (Wildman–Crippen LogP) is 3.07. The van der Waals surface area contributed by atoms with Crippen LogP contribution >= 0.6 is 0 Å². The van der Waals surface area contributed by atoms with Crippen LogP contribution in [0.1, 0.15) is 51.3 Å². The number of carbonyl (C=O) groups is 1. The molecule has 1 N–H and O–H groups in total. The summed E-state index contributed by atoms with van der Waals surface area (Å²) in [5.41, 5.74) is 2.86. The first kappa shape index (κ1) is 14.8. The summed E-state index contributed by atoms with van der Waals surface area (Å²) >= 11 is 0. The number of hydrogen-bond donors (Lipinski definition) is 1. The molecule has 2 unspecified atom stereocenters. The van der Waals surface area contributed by atoms with Crippen molar-refractivity contribution < 1.29 is 9.90 Å². The van der Waals surface area contributed by atoms with Crippen molar-refractivity contribution >= 4 is 5.78 Å². The highest BCUT2D eigenvalue weighted by Gasteiger charge is 2.47. The summed E-state index contributed by atoms with van der Waals surface area (Å²) in [6.45, 7) is 6.18. The van der Waals surface area contributed by atoms with Gasteiger partial charge in [0.25, 0.3) is 0 Å². The van der Waals surface area contributed by atoms with Crippen LogP contribution < -0.4 is 0 Å². The maximum Gasteiger partial charge on any atom is 0.162 e. The zero-order valence-electron chi connectivity index (χ0n) is 12.8. The van der Waals surface area contributed by atoms with Crippen molar-refractivity contribution in [3.63, 3.8) is 0 Å². The Morgan fingerprint density at radius 3 is 2.85 bits per heavy atom. The Morgan fingerprint density at radius 1 is 1.50 bits per heavy atom. The van der Waals surface area contributed by atoms with Crippen LogP contribution in [0, 0.1) is 5.92 Å². The van der Waals surface area contributed by atoms with E-state index >= 15 is 0 Å². The minimum Gasteiger partial charge on any atom is -0.515 e. The van der Waals surface area contributed by atoms with Crippen molar-refractivity contribution in [3.8, 4) is 0 Å². The van der Waals surface area contributed by atoms with Gasteiger partial charge in [-0.05, 0) is 30.7 Å². The molecule has 1 saturated carbocycles. The van der Waals surface area contributed by atoms with E-state index < -0.39 is 0 Å². The molecular weight excluding hydrogens is 252 g/mol. The molecule has 2 aliphatic rings. The number of rotatable bonds is 0. The molecule has 2 atom stereocenters. The monoisotopic (exact) mass is 276 g/mol. The van der Waals surface area contributed by atoms with E-state index in [4.69, 9.17) is 0 Å². The predicted molar refractivity (Wildman–Crippen MR) is 78.7 cm³/mol. The van der Waals surface area contributed by atoms with Gasteiger partial charge in [0.05, 0.1) is 12.0 Å². The summed E-state index contributed by atoms with van der Waals surface area (Å²) in [5.74, 6) is 0.454. The Hall–Kier alpha value is -1.58. The van der Waals surface area contributed by atoms with Gasteiger partial charge >= 0.3 is 0 Å². The van der Waals surface area contributed by atoms with Gasteiger partial charge in [0, 0.05) is 30.7 Å². The van der Waals surface area contributed by atoms with Crippen molar-refractivity contribution in [2.45, 2.75) is 51.9 Å². The van der Waals surface area contributed by atoms with Gasteiger partial charge in [-0.1, -0.05) is 20.8 Å². The van der Waals surface area contributed by atoms with E-state index in [0.29, 0.717) is 24.3 Å². The summed E-state index contributed by atoms with van der Waals surface area (Å²) in [6.07, 6.45) is 6.26. The fourth-order valence-corrected chi connectivity index (χ4v) is 3.57. The van der Waals surface area contributed by atoms with Crippen LogP contribution in [0.5, 0.6) is 0 Å². The van der Waals surface area contributed by atoms with Crippen molar-refractivity contribution in [2.75, 3.05) is 0 Å². The highest BCUT2D eigenvalue weighted by atomic mass is 16.2. The molecule has 1 aromatic heterocycles. The molecule has 1 aromatic rings. The molecule has 2 aliphatic carbocycles. The SMILES string of the molecule is CC.Cn1cc2c(n1)C1(C)C/C(=C/O)C(=O)CC1CC2. The van der Waals surface area contributed by atoms with Crippen molar-refractivity contribution in [1.29, 1.82) is 0 Å². The topological polar surface area (TPSA) is 55.1 Å². The maximum atomic E-state index is 11.9. The minimum atomic E-state index is -0.0999. The van der Waals surface area contributed by atoms with Crippen LogP contribution in [0.15, 0.2) is 18.0 Å². The Morgan fingerprint density at radius 2 is 2.20 bits per heavy atom. The van der Waals surface area contributed by atoms with E-state index in [1.165, 1.54) is 5.56 Å². The number of nitrogens with zero attached hydrogens (tertiary/aromatic N) is 2.